The van der Waals surface area contributed by atoms with Crippen LogP contribution in [0.1, 0.15) is 39.0 Å². The van der Waals surface area contributed by atoms with Crippen LogP contribution in [0.2, 0.25) is 0 Å². The van der Waals surface area contributed by atoms with Gasteiger partial charge in [-0.25, -0.2) is 0 Å². The minimum Gasteiger partial charge on any atom is -0.481 e. The van der Waals surface area contributed by atoms with Crippen LogP contribution in [0.5, 0.6) is 0 Å². The van der Waals surface area contributed by atoms with Crippen LogP contribution in [-0.4, -0.2) is 39.4 Å². The molecule has 0 spiro atoms. The molecular weight excluding hydrogens is 238 g/mol. The first-order chi connectivity index (χ1) is 8.00. The summed E-state index contributed by atoms with van der Waals surface area (Å²) in [4.78, 5) is 10.9. The Morgan fingerprint density at radius 1 is 1.53 bits per heavy atom. The summed E-state index contributed by atoms with van der Waals surface area (Å²) in [6, 6.07) is 0.322. The van der Waals surface area contributed by atoms with E-state index in [2.05, 4.69) is 5.32 Å². The molecule has 0 saturated heterocycles. The molecule has 0 aromatic heterocycles. The Balaban J connectivity index is 2.23. The average molecular weight is 261 g/mol. The molecule has 4 unspecified atom stereocenters. The molecule has 0 heterocycles. The van der Waals surface area contributed by atoms with Gasteiger partial charge in [-0.3, -0.25) is 9.00 Å². The van der Waals surface area contributed by atoms with Crippen molar-refractivity contribution in [3.63, 3.8) is 0 Å². The summed E-state index contributed by atoms with van der Waals surface area (Å²) in [6.45, 7) is 2.82. The van der Waals surface area contributed by atoms with E-state index in [0.717, 1.165) is 38.6 Å². The maximum atomic E-state index is 11.2. The lowest BCUT2D eigenvalue weighted by Gasteiger charge is -2.27. The summed E-state index contributed by atoms with van der Waals surface area (Å²) in [5, 5.41) is 12.6. The summed E-state index contributed by atoms with van der Waals surface area (Å²) < 4.78 is 11.2. The Hall–Kier alpha value is -0.420. The standard InChI is InChI=1S/C12H23NO3S/c1-9(17(2)16)6-7-13-11-5-3-4-10(8-11)12(14)15/h9-11,13H,3-8H2,1-2H3,(H,14,15). The van der Waals surface area contributed by atoms with Crippen LogP contribution in [0.25, 0.3) is 0 Å². The molecule has 17 heavy (non-hydrogen) atoms. The molecule has 0 aliphatic heterocycles. The Bertz CT molecular complexity index is 283. The molecule has 0 aromatic rings. The topological polar surface area (TPSA) is 66.4 Å². The zero-order chi connectivity index (χ0) is 12.8. The molecule has 4 atom stereocenters. The van der Waals surface area contributed by atoms with Crippen LogP contribution in [0.15, 0.2) is 0 Å². The van der Waals surface area contributed by atoms with E-state index < -0.39 is 16.8 Å². The molecule has 0 bridgehead atoms. The highest BCUT2D eigenvalue weighted by Crippen LogP contribution is 2.24. The molecule has 1 rings (SSSR count). The molecule has 100 valence electrons. The minimum absolute atomic E-state index is 0.181. The lowest BCUT2D eigenvalue weighted by Crippen LogP contribution is -2.37. The Kier molecular flexibility index (Phi) is 6.12. The Morgan fingerprint density at radius 3 is 2.82 bits per heavy atom. The number of aliphatic carboxylic acids is 1. The second kappa shape index (κ2) is 7.11. The van der Waals surface area contributed by atoms with Crippen molar-refractivity contribution in [2.75, 3.05) is 12.8 Å². The zero-order valence-electron chi connectivity index (χ0n) is 10.6. The van der Waals surface area contributed by atoms with Crippen molar-refractivity contribution in [3.05, 3.63) is 0 Å². The molecule has 1 fully saturated rings. The number of hydrogen-bond donors (Lipinski definition) is 2. The Labute approximate surface area is 106 Å². The molecule has 5 heteroatoms. The van der Waals surface area contributed by atoms with Gasteiger partial charge in [0, 0.05) is 28.3 Å². The van der Waals surface area contributed by atoms with Gasteiger partial charge < -0.3 is 10.4 Å². The maximum absolute atomic E-state index is 11.2. The van der Waals surface area contributed by atoms with E-state index in [-0.39, 0.29) is 11.2 Å². The van der Waals surface area contributed by atoms with E-state index in [0.29, 0.717) is 6.04 Å². The number of hydrogen-bond acceptors (Lipinski definition) is 3. The third-order valence-corrected chi connectivity index (χ3v) is 4.94. The summed E-state index contributed by atoms with van der Waals surface area (Å²) in [7, 11) is -0.765. The number of carbonyl (C=O) groups is 1. The first-order valence-corrected chi connectivity index (χ1v) is 7.91. The van der Waals surface area contributed by atoms with Crippen molar-refractivity contribution in [1.29, 1.82) is 0 Å². The fourth-order valence-electron chi connectivity index (χ4n) is 2.26. The zero-order valence-corrected chi connectivity index (χ0v) is 11.5. The van der Waals surface area contributed by atoms with E-state index in [9.17, 15) is 9.00 Å². The normalized spacial score (nSPS) is 28.6. The lowest BCUT2D eigenvalue weighted by atomic mass is 9.86. The molecule has 1 aliphatic carbocycles. The highest BCUT2D eigenvalue weighted by molar-refractivity contribution is 7.84. The van der Waals surface area contributed by atoms with Crippen LogP contribution in [0.3, 0.4) is 0 Å². The van der Waals surface area contributed by atoms with Crippen LogP contribution in [0, 0.1) is 5.92 Å². The van der Waals surface area contributed by atoms with E-state index in [1.807, 2.05) is 6.92 Å². The van der Waals surface area contributed by atoms with E-state index in [1.54, 1.807) is 6.26 Å². The van der Waals surface area contributed by atoms with Crippen LogP contribution in [0.4, 0.5) is 0 Å². The predicted octanol–water partition coefficient (Wildman–Crippen LogP) is 1.38. The third kappa shape index (κ3) is 5.17. The minimum atomic E-state index is -0.765. The highest BCUT2D eigenvalue weighted by Gasteiger charge is 2.26. The first kappa shape index (κ1) is 14.6. The molecule has 1 aliphatic rings. The maximum Gasteiger partial charge on any atom is 0.306 e. The van der Waals surface area contributed by atoms with Gasteiger partial charge in [-0.1, -0.05) is 13.3 Å². The van der Waals surface area contributed by atoms with Crippen molar-refractivity contribution in [2.45, 2.75) is 50.3 Å². The summed E-state index contributed by atoms with van der Waals surface area (Å²) >= 11 is 0. The van der Waals surface area contributed by atoms with E-state index >= 15 is 0 Å². The fraction of sp³-hybridized carbons (Fsp3) is 0.917. The summed E-state index contributed by atoms with van der Waals surface area (Å²) in [6.07, 6.45) is 6.21. The second-order valence-corrected chi connectivity index (χ2v) is 6.75. The van der Waals surface area contributed by atoms with Crippen molar-refractivity contribution >= 4 is 16.8 Å². The number of nitrogens with one attached hydrogen (secondary N) is 1. The quantitative estimate of drug-likeness (QED) is 0.758. The van der Waals surface area contributed by atoms with E-state index in [1.165, 1.54) is 0 Å². The summed E-state index contributed by atoms with van der Waals surface area (Å²) in [5.74, 6) is -0.849. The van der Waals surface area contributed by atoms with Crippen LogP contribution < -0.4 is 5.32 Å². The van der Waals surface area contributed by atoms with Gasteiger partial charge in [0.25, 0.3) is 0 Å². The molecule has 0 amide bonds. The number of carboxylic acid groups (broad SMARTS) is 1. The van der Waals surface area contributed by atoms with Gasteiger partial charge in [0.2, 0.25) is 0 Å². The highest BCUT2D eigenvalue weighted by atomic mass is 32.2. The van der Waals surface area contributed by atoms with Crippen molar-refractivity contribution < 1.29 is 14.1 Å². The van der Waals surface area contributed by atoms with Crippen LogP contribution >= 0.6 is 0 Å². The van der Waals surface area contributed by atoms with Gasteiger partial charge in [0.1, 0.15) is 0 Å². The van der Waals surface area contributed by atoms with Gasteiger partial charge >= 0.3 is 5.97 Å². The molecule has 1 saturated carbocycles. The Morgan fingerprint density at radius 2 is 2.24 bits per heavy atom. The van der Waals surface area contributed by atoms with Crippen molar-refractivity contribution in [1.82, 2.24) is 5.32 Å². The van der Waals surface area contributed by atoms with E-state index in [4.69, 9.17) is 5.11 Å². The SMILES string of the molecule is CC(CCNC1CCCC(C(=O)O)C1)S(C)=O. The smallest absolute Gasteiger partial charge is 0.306 e. The lowest BCUT2D eigenvalue weighted by molar-refractivity contribution is -0.143. The second-order valence-electron chi connectivity index (χ2n) is 4.95. The average Bonchev–Trinajstić information content (AvgIpc) is 2.29. The molecule has 4 nitrogen and oxygen atoms in total. The monoisotopic (exact) mass is 261 g/mol. The van der Waals surface area contributed by atoms with Gasteiger partial charge in [0.05, 0.1) is 5.92 Å². The predicted molar refractivity (Wildman–Crippen MR) is 69.5 cm³/mol. The van der Waals surface area contributed by atoms with Crippen molar-refractivity contribution in [3.8, 4) is 0 Å². The molecular formula is C12H23NO3S. The molecule has 0 radical (unpaired) electrons. The van der Waals surface area contributed by atoms with Gasteiger partial charge in [0.15, 0.2) is 0 Å². The van der Waals surface area contributed by atoms with Gasteiger partial charge in [-0.2, -0.15) is 0 Å². The van der Waals surface area contributed by atoms with Crippen molar-refractivity contribution in [2.24, 2.45) is 5.92 Å². The molecule has 0 aromatic carbocycles. The van der Waals surface area contributed by atoms with Gasteiger partial charge in [-0.15, -0.1) is 0 Å². The third-order valence-electron chi connectivity index (χ3n) is 3.57. The van der Waals surface area contributed by atoms with Gasteiger partial charge in [-0.05, 0) is 32.2 Å². The fourth-order valence-corrected chi connectivity index (χ4v) is 2.71. The largest absolute Gasteiger partial charge is 0.481 e. The van der Waals surface area contributed by atoms with Crippen LogP contribution in [-0.2, 0) is 15.6 Å². The molecule has 2 N–H and O–H groups in total. The summed E-state index contributed by atoms with van der Waals surface area (Å²) in [5.41, 5.74) is 0. The number of carboxylic acids is 1. The number of rotatable bonds is 6. The first-order valence-electron chi connectivity index (χ1n) is 6.29.